The Bertz CT molecular complexity index is 332. The Morgan fingerprint density at radius 3 is 2.17 bits per heavy atom. The van der Waals surface area contributed by atoms with E-state index in [4.69, 9.17) is 10.2 Å². The molecule has 0 aliphatic heterocycles. The summed E-state index contributed by atoms with van der Waals surface area (Å²) in [5.74, 6) is -1.66. The highest BCUT2D eigenvalue weighted by Gasteiger charge is 2.30. The van der Waals surface area contributed by atoms with Crippen LogP contribution in [0.4, 0.5) is 0 Å². The zero-order valence-corrected chi connectivity index (χ0v) is 11.0. The third-order valence-electron chi connectivity index (χ3n) is 2.33. The van der Waals surface area contributed by atoms with Gasteiger partial charge in [0.25, 0.3) is 0 Å². The Labute approximate surface area is 107 Å². The first-order chi connectivity index (χ1) is 8.09. The molecule has 0 aromatic heterocycles. The minimum absolute atomic E-state index is 0.0532. The molecule has 0 saturated heterocycles. The molecule has 0 saturated carbocycles. The number of carbonyl (C=O) groups is 2. The van der Waals surface area contributed by atoms with Crippen LogP contribution in [0.5, 0.6) is 0 Å². The van der Waals surface area contributed by atoms with E-state index in [1.54, 1.807) is 20.8 Å². The first-order valence-corrected chi connectivity index (χ1v) is 5.60. The van der Waals surface area contributed by atoms with Gasteiger partial charge in [-0.05, 0) is 20.8 Å². The van der Waals surface area contributed by atoms with Crippen LogP contribution in [0.3, 0.4) is 0 Å². The smallest absolute Gasteiger partial charge is 0.308 e. The van der Waals surface area contributed by atoms with Gasteiger partial charge in [-0.2, -0.15) is 0 Å². The van der Waals surface area contributed by atoms with Gasteiger partial charge in [-0.25, -0.2) is 0 Å². The van der Waals surface area contributed by atoms with Crippen LogP contribution in [-0.2, 0) is 9.59 Å². The minimum Gasteiger partial charge on any atom is -0.481 e. The average molecular weight is 259 g/mol. The van der Waals surface area contributed by atoms with Crippen molar-refractivity contribution in [3.05, 3.63) is 12.2 Å². The van der Waals surface area contributed by atoms with Crippen molar-refractivity contribution >= 4 is 11.9 Å². The van der Waals surface area contributed by atoms with Gasteiger partial charge in [-0.1, -0.05) is 6.58 Å². The number of carboxylic acids is 1. The van der Waals surface area contributed by atoms with Crippen LogP contribution in [0.1, 0.15) is 27.2 Å². The lowest BCUT2D eigenvalue weighted by Gasteiger charge is -2.37. The SMILES string of the molecule is C=C(CC(=O)O)C(=O)N(CC(O)CO)C(C)(C)C. The van der Waals surface area contributed by atoms with Crippen LogP contribution in [-0.4, -0.2) is 56.9 Å². The van der Waals surface area contributed by atoms with E-state index in [2.05, 4.69) is 6.58 Å². The minimum atomic E-state index is -1.13. The Morgan fingerprint density at radius 2 is 1.83 bits per heavy atom. The summed E-state index contributed by atoms with van der Waals surface area (Å²) in [5.41, 5.74) is -0.656. The molecule has 0 aliphatic carbocycles. The molecule has 1 unspecified atom stereocenters. The summed E-state index contributed by atoms with van der Waals surface area (Å²) in [6.07, 6.45) is -1.51. The second-order valence-corrected chi connectivity index (χ2v) is 5.10. The normalized spacial score (nSPS) is 12.9. The molecule has 0 rings (SSSR count). The van der Waals surface area contributed by atoms with Crippen molar-refractivity contribution in [2.24, 2.45) is 0 Å². The summed E-state index contributed by atoms with van der Waals surface area (Å²) >= 11 is 0. The number of hydrogen-bond acceptors (Lipinski definition) is 4. The van der Waals surface area contributed by atoms with Gasteiger partial charge >= 0.3 is 5.97 Å². The molecule has 104 valence electrons. The fourth-order valence-electron chi connectivity index (χ4n) is 1.38. The molecular formula is C12H21NO5. The molecule has 6 heteroatoms. The summed E-state index contributed by atoms with van der Waals surface area (Å²) in [4.78, 5) is 23.9. The van der Waals surface area contributed by atoms with E-state index < -0.39 is 36.5 Å². The summed E-state index contributed by atoms with van der Waals surface area (Å²) in [6.45, 7) is 8.17. The van der Waals surface area contributed by atoms with Gasteiger partial charge < -0.3 is 20.2 Å². The standard InChI is InChI=1S/C12H21NO5/c1-8(5-10(16)17)11(18)13(12(2,3)4)6-9(15)7-14/h9,14-15H,1,5-7H2,2-4H3,(H,16,17). The van der Waals surface area contributed by atoms with Crippen molar-refractivity contribution in [2.45, 2.75) is 38.8 Å². The van der Waals surface area contributed by atoms with Gasteiger partial charge in [0.2, 0.25) is 5.91 Å². The monoisotopic (exact) mass is 259 g/mol. The van der Waals surface area contributed by atoms with E-state index in [-0.39, 0.29) is 12.1 Å². The lowest BCUT2D eigenvalue weighted by atomic mass is 10.0. The number of carboxylic acid groups (broad SMARTS) is 1. The molecule has 0 aromatic carbocycles. The van der Waals surface area contributed by atoms with Crippen LogP contribution in [0.2, 0.25) is 0 Å². The van der Waals surface area contributed by atoms with Crippen molar-refractivity contribution in [3.63, 3.8) is 0 Å². The zero-order valence-electron chi connectivity index (χ0n) is 11.0. The first-order valence-electron chi connectivity index (χ1n) is 5.60. The molecular weight excluding hydrogens is 238 g/mol. The molecule has 0 heterocycles. The molecule has 1 amide bonds. The molecule has 0 radical (unpaired) electrons. The fourth-order valence-corrected chi connectivity index (χ4v) is 1.38. The van der Waals surface area contributed by atoms with Gasteiger partial charge in [0, 0.05) is 17.7 Å². The number of aliphatic hydroxyl groups excluding tert-OH is 2. The van der Waals surface area contributed by atoms with Gasteiger partial charge in [-0.15, -0.1) is 0 Å². The number of rotatable bonds is 6. The molecule has 6 nitrogen and oxygen atoms in total. The van der Waals surface area contributed by atoms with E-state index in [0.29, 0.717) is 0 Å². The highest BCUT2D eigenvalue weighted by atomic mass is 16.4. The predicted octanol–water partition coefficient (Wildman–Crippen LogP) is -0.00240. The van der Waals surface area contributed by atoms with E-state index >= 15 is 0 Å². The van der Waals surface area contributed by atoms with Gasteiger partial charge in [0.1, 0.15) is 0 Å². The van der Waals surface area contributed by atoms with E-state index in [9.17, 15) is 14.7 Å². The third-order valence-corrected chi connectivity index (χ3v) is 2.33. The van der Waals surface area contributed by atoms with Crippen molar-refractivity contribution < 1.29 is 24.9 Å². The highest BCUT2D eigenvalue weighted by molar-refractivity contribution is 5.97. The molecule has 1 atom stereocenters. The van der Waals surface area contributed by atoms with Crippen molar-refractivity contribution in [1.82, 2.24) is 4.90 Å². The van der Waals surface area contributed by atoms with Crippen LogP contribution < -0.4 is 0 Å². The van der Waals surface area contributed by atoms with E-state index in [1.165, 1.54) is 4.90 Å². The maximum absolute atomic E-state index is 12.0. The van der Waals surface area contributed by atoms with E-state index in [1.807, 2.05) is 0 Å². The number of nitrogens with zero attached hydrogens (tertiary/aromatic N) is 1. The second-order valence-electron chi connectivity index (χ2n) is 5.10. The number of β-amino-alcohol motifs (C(OH)–C–C–N with tert-alkyl or cyclic N) is 1. The van der Waals surface area contributed by atoms with Crippen molar-refractivity contribution in [2.75, 3.05) is 13.2 Å². The lowest BCUT2D eigenvalue weighted by Crippen LogP contribution is -2.50. The molecule has 0 aliphatic rings. The Hall–Kier alpha value is -1.40. The number of amides is 1. The van der Waals surface area contributed by atoms with Crippen molar-refractivity contribution in [3.8, 4) is 0 Å². The van der Waals surface area contributed by atoms with Crippen LogP contribution in [0.25, 0.3) is 0 Å². The fraction of sp³-hybridized carbons (Fsp3) is 0.667. The molecule has 0 bridgehead atoms. The zero-order chi connectivity index (χ0) is 14.5. The van der Waals surface area contributed by atoms with Gasteiger partial charge in [-0.3, -0.25) is 9.59 Å². The number of aliphatic hydroxyl groups is 2. The topological polar surface area (TPSA) is 98.1 Å². The van der Waals surface area contributed by atoms with E-state index in [0.717, 1.165) is 0 Å². The summed E-state index contributed by atoms with van der Waals surface area (Å²) in [7, 11) is 0. The maximum atomic E-state index is 12.0. The largest absolute Gasteiger partial charge is 0.481 e. The lowest BCUT2D eigenvalue weighted by molar-refractivity contribution is -0.140. The van der Waals surface area contributed by atoms with Gasteiger partial charge in [0.15, 0.2) is 0 Å². The highest BCUT2D eigenvalue weighted by Crippen LogP contribution is 2.18. The number of hydrogen-bond donors (Lipinski definition) is 3. The molecule has 0 fully saturated rings. The number of carbonyl (C=O) groups excluding carboxylic acids is 1. The Morgan fingerprint density at radius 1 is 1.33 bits per heavy atom. The summed E-state index contributed by atoms with van der Waals surface area (Å²) in [5, 5.41) is 26.8. The molecule has 18 heavy (non-hydrogen) atoms. The molecule has 0 spiro atoms. The Balaban J connectivity index is 4.92. The van der Waals surface area contributed by atoms with Gasteiger partial charge in [0.05, 0.1) is 19.1 Å². The maximum Gasteiger partial charge on any atom is 0.308 e. The summed E-state index contributed by atoms with van der Waals surface area (Å²) < 4.78 is 0. The molecule has 3 N–H and O–H groups in total. The Kier molecular flexibility index (Phi) is 6.00. The van der Waals surface area contributed by atoms with Crippen LogP contribution in [0, 0.1) is 0 Å². The summed E-state index contributed by atoms with van der Waals surface area (Å²) in [6, 6.07) is 0. The average Bonchev–Trinajstić information content (AvgIpc) is 2.21. The predicted molar refractivity (Wildman–Crippen MR) is 66.0 cm³/mol. The third kappa shape index (κ3) is 5.29. The van der Waals surface area contributed by atoms with Crippen molar-refractivity contribution in [1.29, 1.82) is 0 Å². The van der Waals surface area contributed by atoms with Crippen LogP contribution in [0.15, 0.2) is 12.2 Å². The second kappa shape index (κ2) is 6.51. The number of aliphatic carboxylic acids is 1. The molecule has 0 aromatic rings. The van der Waals surface area contributed by atoms with Crippen LogP contribution >= 0.6 is 0 Å². The quantitative estimate of drug-likeness (QED) is 0.583. The first kappa shape index (κ1) is 16.6.